The Balaban J connectivity index is 1.43. The number of nitrogens with zero attached hydrogens (tertiary/aromatic N) is 1. The topological polar surface area (TPSA) is 140 Å². The Bertz CT molecular complexity index is 1260. The normalized spacial score (nSPS) is 14.0. The van der Waals surface area contributed by atoms with E-state index >= 15 is 0 Å². The van der Waals surface area contributed by atoms with Crippen LogP contribution in [-0.4, -0.2) is 80.6 Å². The Kier molecular flexibility index (Phi) is 12.8. The molecule has 3 rings (SSSR count). The van der Waals surface area contributed by atoms with Crippen molar-refractivity contribution in [2.75, 3.05) is 51.8 Å². The number of nitrogens with one attached hydrogen (secondary N) is 3. The van der Waals surface area contributed by atoms with Crippen LogP contribution in [0.1, 0.15) is 43.9 Å². The van der Waals surface area contributed by atoms with Crippen molar-refractivity contribution >= 4 is 29.3 Å². The lowest BCUT2D eigenvalue weighted by Crippen LogP contribution is -2.63. The van der Waals surface area contributed by atoms with Crippen LogP contribution in [0.5, 0.6) is 11.5 Å². The molecule has 1 aliphatic heterocycles. The number of nitrogens with two attached hydrogens (primary N) is 1. The first-order valence-electron chi connectivity index (χ1n) is 14.6. The molecule has 2 aromatic rings. The maximum Gasteiger partial charge on any atom is 0.262 e. The zero-order valence-electron chi connectivity index (χ0n) is 25.2. The largest absolute Gasteiger partial charge is 0.506 e. The van der Waals surface area contributed by atoms with Gasteiger partial charge in [0.2, 0.25) is 5.91 Å². The molecule has 6 N–H and O–H groups in total. The van der Waals surface area contributed by atoms with Gasteiger partial charge in [-0.05, 0) is 55.0 Å². The fraction of sp³-hybridized carbons (Fsp3) is 0.469. The summed E-state index contributed by atoms with van der Waals surface area (Å²) >= 11 is 0. The third-order valence-corrected chi connectivity index (χ3v) is 7.44. The highest BCUT2D eigenvalue weighted by atomic mass is 16.5. The van der Waals surface area contributed by atoms with Crippen LogP contribution in [0, 0.1) is 5.92 Å². The lowest BCUT2D eigenvalue weighted by atomic mass is 10.0. The van der Waals surface area contributed by atoms with E-state index in [1.165, 1.54) is 0 Å². The van der Waals surface area contributed by atoms with E-state index in [1.54, 1.807) is 18.3 Å². The number of anilines is 1. The van der Waals surface area contributed by atoms with Crippen molar-refractivity contribution < 1.29 is 29.2 Å². The molecule has 0 saturated heterocycles. The SMILES string of the molecule is C[NH+]=CC(=CN)c1cccc(CCOCCC(=O)N(CCNCCc2ccc(O)c3c2OCC(=O)N3)[C@H](C)C(C)C)c1. The van der Waals surface area contributed by atoms with E-state index in [-0.39, 0.29) is 30.2 Å². The summed E-state index contributed by atoms with van der Waals surface area (Å²) in [7, 11) is 1.84. The van der Waals surface area contributed by atoms with Gasteiger partial charge in [0.25, 0.3) is 5.91 Å². The monoisotopic (exact) mass is 580 g/mol. The van der Waals surface area contributed by atoms with E-state index in [4.69, 9.17) is 15.2 Å². The number of rotatable bonds is 16. The summed E-state index contributed by atoms with van der Waals surface area (Å²) in [4.78, 5) is 29.7. The summed E-state index contributed by atoms with van der Waals surface area (Å²) < 4.78 is 11.4. The summed E-state index contributed by atoms with van der Waals surface area (Å²) in [6.07, 6.45) is 5.17. The summed E-state index contributed by atoms with van der Waals surface area (Å²) in [6.45, 7) is 9.05. The highest BCUT2D eigenvalue weighted by Crippen LogP contribution is 2.39. The molecule has 0 fully saturated rings. The van der Waals surface area contributed by atoms with E-state index < -0.39 is 0 Å². The highest BCUT2D eigenvalue weighted by Gasteiger charge is 2.23. The first-order valence-corrected chi connectivity index (χ1v) is 14.6. The van der Waals surface area contributed by atoms with Gasteiger partial charge in [0, 0.05) is 25.3 Å². The molecule has 1 atom stereocenters. The number of benzene rings is 2. The summed E-state index contributed by atoms with van der Waals surface area (Å²) in [5.74, 6) is 0.620. The average Bonchev–Trinajstić information content (AvgIpc) is 2.98. The van der Waals surface area contributed by atoms with Gasteiger partial charge in [0.1, 0.15) is 18.5 Å². The molecular formula is C32H46N5O5+. The molecule has 10 heteroatoms. The molecule has 0 aliphatic carbocycles. The summed E-state index contributed by atoms with van der Waals surface area (Å²) in [6, 6.07) is 11.6. The Morgan fingerprint density at radius 3 is 2.76 bits per heavy atom. The predicted molar refractivity (Wildman–Crippen MR) is 166 cm³/mol. The van der Waals surface area contributed by atoms with E-state index in [0.717, 1.165) is 28.7 Å². The molecule has 1 aliphatic rings. The molecule has 0 bridgehead atoms. The fourth-order valence-electron chi connectivity index (χ4n) is 4.76. The second-order valence-corrected chi connectivity index (χ2v) is 10.7. The molecule has 0 radical (unpaired) electrons. The standard InChI is InChI=1S/C32H45N5O5/c1-22(2)23(3)37(15-14-35-13-10-25-8-9-28(38)31-32(25)42-21-29(39)36-31)30(40)12-17-41-16-11-24-6-5-7-26(18-24)27(19-33)20-34-4/h5-9,18-20,22-23,35,38H,10-17,21,33H2,1-4H3,(H,36,39)/p+1/t23-/m1/s1. The maximum atomic E-state index is 13.2. The first kappa shape index (κ1) is 32.6. The number of ether oxygens (including phenoxy) is 2. The minimum absolute atomic E-state index is 0.0118. The molecule has 228 valence electrons. The van der Waals surface area contributed by atoms with Gasteiger partial charge in [-0.3, -0.25) is 14.6 Å². The smallest absolute Gasteiger partial charge is 0.262 e. The van der Waals surface area contributed by atoms with E-state index in [0.29, 0.717) is 63.0 Å². The van der Waals surface area contributed by atoms with Crippen molar-refractivity contribution in [1.82, 2.24) is 10.2 Å². The van der Waals surface area contributed by atoms with Crippen molar-refractivity contribution in [3.63, 3.8) is 0 Å². The third kappa shape index (κ3) is 9.32. The van der Waals surface area contributed by atoms with Gasteiger partial charge in [-0.15, -0.1) is 0 Å². The predicted octanol–water partition coefficient (Wildman–Crippen LogP) is 1.46. The van der Waals surface area contributed by atoms with Crippen LogP contribution < -0.4 is 26.1 Å². The van der Waals surface area contributed by atoms with E-state index in [1.807, 2.05) is 30.3 Å². The maximum absolute atomic E-state index is 13.2. The first-order chi connectivity index (χ1) is 20.2. The number of amides is 2. The van der Waals surface area contributed by atoms with Crippen LogP contribution in [0.15, 0.2) is 42.6 Å². The van der Waals surface area contributed by atoms with Gasteiger partial charge in [0.15, 0.2) is 18.6 Å². The van der Waals surface area contributed by atoms with Crippen LogP contribution in [0.2, 0.25) is 0 Å². The highest BCUT2D eigenvalue weighted by molar-refractivity contribution is 6.06. The van der Waals surface area contributed by atoms with Crippen molar-refractivity contribution in [2.45, 2.75) is 46.1 Å². The lowest BCUT2D eigenvalue weighted by molar-refractivity contribution is -0.412. The Morgan fingerprint density at radius 2 is 2.02 bits per heavy atom. The van der Waals surface area contributed by atoms with E-state index in [2.05, 4.69) is 48.5 Å². The number of carbonyl (C=O) groups excluding carboxylic acids is 2. The Labute approximate surface area is 249 Å². The van der Waals surface area contributed by atoms with Crippen LogP contribution >= 0.6 is 0 Å². The minimum Gasteiger partial charge on any atom is -0.506 e. The molecule has 0 aromatic heterocycles. The molecule has 0 unspecified atom stereocenters. The second kappa shape index (κ2) is 16.5. The quantitative estimate of drug-likeness (QED) is 0.115. The number of aromatic hydroxyl groups is 1. The van der Waals surface area contributed by atoms with Crippen molar-refractivity contribution in [1.29, 1.82) is 0 Å². The molecule has 42 heavy (non-hydrogen) atoms. The average molecular weight is 581 g/mol. The van der Waals surface area contributed by atoms with Gasteiger partial charge in [0.05, 0.1) is 25.2 Å². The minimum atomic E-state index is -0.286. The summed E-state index contributed by atoms with van der Waals surface area (Å²) in [5, 5.41) is 16.1. The van der Waals surface area contributed by atoms with Crippen LogP contribution in [0.3, 0.4) is 0 Å². The Morgan fingerprint density at radius 1 is 1.21 bits per heavy atom. The molecular weight excluding hydrogens is 534 g/mol. The Hall–Kier alpha value is -3.89. The van der Waals surface area contributed by atoms with Gasteiger partial charge in [-0.2, -0.15) is 0 Å². The van der Waals surface area contributed by atoms with Crippen molar-refractivity contribution in [3.8, 4) is 11.5 Å². The van der Waals surface area contributed by atoms with Crippen molar-refractivity contribution in [3.05, 3.63) is 59.3 Å². The number of hydrogen-bond donors (Lipinski definition) is 5. The zero-order chi connectivity index (χ0) is 30.5. The molecule has 0 spiro atoms. The summed E-state index contributed by atoms with van der Waals surface area (Å²) in [5.41, 5.74) is 10.1. The van der Waals surface area contributed by atoms with Gasteiger partial charge in [-0.1, -0.05) is 44.2 Å². The third-order valence-electron chi connectivity index (χ3n) is 7.44. The van der Waals surface area contributed by atoms with Gasteiger partial charge in [-0.25, -0.2) is 0 Å². The molecule has 10 nitrogen and oxygen atoms in total. The lowest BCUT2D eigenvalue weighted by Gasteiger charge is -2.32. The van der Waals surface area contributed by atoms with Crippen LogP contribution in [0.4, 0.5) is 5.69 Å². The number of phenols is 1. The second-order valence-electron chi connectivity index (χ2n) is 10.7. The molecule has 2 amide bonds. The number of carbonyl (C=O) groups is 2. The number of allylic oxidation sites excluding steroid dienone is 1. The molecule has 1 heterocycles. The van der Waals surface area contributed by atoms with Crippen LogP contribution in [-0.2, 0) is 27.2 Å². The van der Waals surface area contributed by atoms with E-state index in [9.17, 15) is 14.7 Å². The number of hydrogen-bond acceptors (Lipinski definition) is 7. The number of fused-ring (bicyclic) bond motifs is 1. The fourth-order valence-corrected chi connectivity index (χ4v) is 4.76. The van der Waals surface area contributed by atoms with Gasteiger partial charge >= 0.3 is 0 Å². The zero-order valence-corrected chi connectivity index (χ0v) is 25.2. The van der Waals surface area contributed by atoms with Gasteiger partial charge < -0.3 is 35.8 Å². The number of phenolic OH excluding ortho intramolecular Hbond substituents is 1. The van der Waals surface area contributed by atoms with Crippen LogP contribution in [0.25, 0.3) is 5.57 Å². The molecule has 2 aromatic carbocycles. The van der Waals surface area contributed by atoms with Crippen molar-refractivity contribution in [2.24, 2.45) is 11.7 Å². The molecule has 0 saturated carbocycles.